The van der Waals surface area contributed by atoms with Gasteiger partial charge in [0.25, 0.3) is 0 Å². The van der Waals surface area contributed by atoms with Crippen LogP contribution in [0.25, 0.3) is 0 Å². The zero-order chi connectivity index (χ0) is 13.1. The molecule has 0 aliphatic rings. The second kappa shape index (κ2) is 5.77. The SMILES string of the molecule is CSCCS(=O)c1ccc(C(F)(F)F)cc1N. The van der Waals surface area contributed by atoms with Gasteiger partial charge < -0.3 is 5.73 Å². The van der Waals surface area contributed by atoms with Crippen LogP contribution in [-0.4, -0.2) is 22.0 Å². The van der Waals surface area contributed by atoms with Gasteiger partial charge >= 0.3 is 6.18 Å². The van der Waals surface area contributed by atoms with E-state index >= 15 is 0 Å². The summed E-state index contributed by atoms with van der Waals surface area (Å²) in [6.07, 6.45) is -2.55. The maximum atomic E-state index is 12.4. The van der Waals surface area contributed by atoms with Crippen molar-refractivity contribution in [2.45, 2.75) is 11.1 Å². The zero-order valence-electron chi connectivity index (χ0n) is 9.08. The summed E-state index contributed by atoms with van der Waals surface area (Å²) in [4.78, 5) is 0.270. The van der Waals surface area contributed by atoms with Crippen LogP contribution in [0.1, 0.15) is 5.56 Å². The Hall–Kier alpha value is -0.690. The molecular weight excluding hydrogens is 271 g/mol. The van der Waals surface area contributed by atoms with E-state index in [2.05, 4.69) is 0 Å². The van der Waals surface area contributed by atoms with Crippen molar-refractivity contribution in [3.63, 3.8) is 0 Å². The van der Waals surface area contributed by atoms with Gasteiger partial charge in [0, 0.05) is 17.2 Å². The van der Waals surface area contributed by atoms with Crippen molar-refractivity contribution < 1.29 is 17.4 Å². The van der Waals surface area contributed by atoms with Gasteiger partial charge in [-0.15, -0.1) is 0 Å². The minimum atomic E-state index is -4.42. The number of alkyl halides is 3. The Morgan fingerprint density at radius 2 is 2.06 bits per heavy atom. The molecule has 0 bridgehead atoms. The summed E-state index contributed by atoms with van der Waals surface area (Å²) in [5, 5.41) is 0. The van der Waals surface area contributed by atoms with Crippen molar-refractivity contribution in [3.8, 4) is 0 Å². The Balaban J connectivity index is 2.94. The van der Waals surface area contributed by atoms with Gasteiger partial charge in [-0.2, -0.15) is 24.9 Å². The van der Waals surface area contributed by atoms with E-state index in [4.69, 9.17) is 5.73 Å². The van der Waals surface area contributed by atoms with Crippen LogP contribution in [0, 0.1) is 0 Å². The largest absolute Gasteiger partial charge is 0.416 e. The van der Waals surface area contributed by atoms with Gasteiger partial charge in [0.1, 0.15) is 0 Å². The highest BCUT2D eigenvalue weighted by atomic mass is 32.2. The monoisotopic (exact) mass is 283 g/mol. The van der Waals surface area contributed by atoms with Crippen molar-refractivity contribution in [2.24, 2.45) is 0 Å². The molecule has 0 fully saturated rings. The molecule has 0 saturated carbocycles. The van der Waals surface area contributed by atoms with E-state index in [1.54, 1.807) is 0 Å². The smallest absolute Gasteiger partial charge is 0.398 e. The molecule has 0 amide bonds. The highest BCUT2D eigenvalue weighted by molar-refractivity contribution is 7.99. The average molecular weight is 283 g/mol. The van der Waals surface area contributed by atoms with Crippen molar-refractivity contribution in [2.75, 3.05) is 23.5 Å². The maximum absolute atomic E-state index is 12.4. The third kappa shape index (κ3) is 3.92. The predicted molar refractivity (Wildman–Crippen MR) is 65.5 cm³/mol. The van der Waals surface area contributed by atoms with Crippen molar-refractivity contribution in [3.05, 3.63) is 23.8 Å². The number of thioether (sulfide) groups is 1. The minimum absolute atomic E-state index is 0.0701. The molecule has 1 rings (SSSR count). The number of nitrogens with two attached hydrogens (primary N) is 1. The van der Waals surface area contributed by atoms with Gasteiger partial charge in [-0.1, -0.05) is 0 Å². The molecular formula is C10H12F3NOS2. The van der Waals surface area contributed by atoms with Crippen LogP contribution in [0.4, 0.5) is 18.9 Å². The topological polar surface area (TPSA) is 43.1 Å². The minimum Gasteiger partial charge on any atom is -0.398 e. The molecule has 0 heterocycles. The molecule has 1 aromatic carbocycles. The summed E-state index contributed by atoms with van der Waals surface area (Å²) in [6, 6.07) is 2.92. The molecule has 96 valence electrons. The van der Waals surface area contributed by atoms with Crippen molar-refractivity contribution in [1.29, 1.82) is 0 Å². The highest BCUT2D eigenvalue weighted by Crippen LogP contribution is 2.32. The van der Waals surface area contributed by atoms with E-state index in [-0.39, 0.29) is 10.6 Å². The summed E-state index contributed by atoms with van der Waals surface area (Å²) in [7, 11) is -1.34. The molecule has 1 atom stereocenters. The fourth-order valence-electron chi connectivity index (χ4n) is 1.20. The van der Waals surface area contributed by atoms with Gasteiger partial charge in [0.05, 0.1) is 21.3 Å². The number of rotatable bonds is 4. The summed E-state index contributed by atoms with van der Waals surface area (Å²) >= 11 is 1.52. The lowest BCUT2D eigenvalue weighted by atomic mass is 10.2. The van der Waals surface area contributed by atoms with Gasteiger partial charge in [-0.3, -0.25) is 4.21 Å². The molecule has 2 nitrogen and oxygen atoms in total. The third-order valence-corrected chi connectivity index (χ3v) is 4.36. The lowest BCUT2D eigenvalue weighted by molar-refractivity contribution is -0.137. The highest BCUT2D eigenvalue weighted by Gasteiger charge is 2.31. The standard InChI is InChI=1S/C10H12F3NOS2/c1-16-4-5-17(15)9-3-2-7(6-8(9)14)10(11,12)13/h2-3,6H,4-5,14H2,1H3. The Labute approximate surface area is 104 Å². The first kappa shape index (κ1) is 14.4. The molecule has 1 aromatic rings. The fraction of sp³-hybridized carbons (Fsp3) is 0.400. The first-order valence-corrected chi connectivity index (χ1v) is 7.41. The van der Waals surface area contributed by atoms with E-state index in [1.165, 1.54) is 17.8 Å². The van der Waals surface area contributed by atoms with Gasteiger partial charge in [-0.25, -0.2) is 0 Å². The lowest BCUT2D eigenvalue weighted by Crippen LogP contribution is -2.09. The van der Waals surface area contributed by atoms with E-state index in [0.29, 0.717) is 11.5 Å². The number of benzene rings is 1. The summed E-state index contributed by atoms with van der Waals surface area (Å²) in [5.41, 5.74) is 4.60. The number of halogens is 3. The molecule has 0 spiro atoms. The first-order chi connectivity index (χ1) is 7.86. The Bertz CT molecular complexity index is 421. The molecule has 0 aromatic heterocycles. The zero-order valence-corrected chi connectivity index (χ0v) is 10.7. The molecule has 2 N–H and O–H groups in total. The van der Waals surface area contributed by atoms with Crippen LogP contribution < -0.4 is 5.73 Å². The summed E-state index contributed by atoms with van der Waals surface area (Å²) in [6.45, 7) is 0. The Morgan fingerprint density at radius 3 is 2.53 bits per heavy atom. The number of hydrogen-bond acceptors (Lipinski definition) is 3. The molecule has 0 saturated heterocycles. The number of hydrogen-bond donors (Lipinski definition) is 1. The van der Waals surface area contributed by atoms with Crippen LogP contribution in [0.2, 0.25) is 0 Å². The third-order valence-electron chi connectivity index (χ3n) is 2.06. The van der Waals surface area contributed by atoms with Crippen LogP contribution in [0.3, 0.4) is 0 Å². The second-order valence-corrected chi connectivity index (χ2v) is 5.82. The summed E-state index contributed by atoms with van der Waals surface area (Å²) < 4.78 is 48.8. The van der Waals surface area contributed by atoms with Crippen LogP contribution in [0.15, 0.2) is 23.1 Å². The van der Waals surface area contributed by atoms with Gasteiger partial charge in [-0.05, 0) is 24.5 Å². The van der Waals surface area contributed by atoms with Crippen LogP contribution in [0.5, 0.6) is 0 Å². The fourth-order valence-corrected chi connectivity index (χ4v) is 3.23. The number of anilines is 1. The first-order valence-electron chi connectivity index (χ1n) is 4.70. The van der Waals surface area contributed by atoms with E-state index in [1.807, 2.05) is 6.26 Å². The van der Waals surface area contributed by atoms with Crippen LogP contribution >= 0.6 is 11.8 Å². The Kier molecular flexibility index (Phi) is 4.88. The van der Waals surface area contributed by atoms with Crippen molar-refractivity contribution in [1.82, 2.24) is 0 Å². The van der Waals surface area contributed by atoms with Crippen LogP contribution in [-0.2, 0) is 17.0 Å². The average Bonchev–Trinajstić information content (AvgIpc) is 2.24. The molecule has 0 aliphatic carbocycles. The predicted octanol–water partition coefficient (Wildman–Crippen LogP) is 2.76. The molecule has 7 heteroatoms. The van der Waals surface area contributed by atoms with Gasteiger partial charge in [0.2, 0.25) is 0 Å². The normalized spacial score (nSPS) is 13.6. The van der Waals surface area contributed by atoms with E-state index in [9.17, 15) is 17.4 Å². The lowest BCUT2D eigenvalue weighted by Gasteiger charge is -2.10. The molecule has 1 unspecified atom stereocenters. The van der Waals surface area contributed by atoms with E-state index in [0.717, 1.165) is 12.1 Å². The van der Waals surface area contributed by atoms with E-state index < -0.39 is 22.5 Å². The quantitative estimate of drug-likeness (QED) is 0.864. The summed E-state index contributed by atoms with van der Waals surface area (Å²) in [5.74, 6) is 1.06. The maximum Gasteiger partial charge on any atom is 0.416 e. The second-order valence-electron chi connectivity index (χ2n) is 3.29. The Morgan fingerprint density at radius 1 is 1.41 bits per heavy atom. The molecule has 0 radical (unpaired) electrons. The van der Waals surface area contributed by atoms with Gasteiger partial charge in [0.15, 0.2) is 0 Å². The molecule has 0 aliphatic heterocycles. The molecule has 17 heavy (non-hydrogen) atoms. The number of nitrogen functional groups attached to an aromatic ring is 1. The van der Waals surface area contributed by atoms with Crippen molar-refractivity contribution >= 4 is 28.2 Å².